The van der Waals surface area contributed by atoms with Gasteiger partial charge >= 0.3 is 11.7 Å². The van der Waals surface area contributed by atoms with Gasteiger partial charge in [0.25, 0.3) is 0 Å². The molecule has 0 fully saturated rings. The Morgan fingerprint density at radius 3 is 2.48 bits per heavy atom. The molecule has 0 bridgehead atoms. The normalized spacial score (nSPS) is 10.4. The van der Waals surface area contributed by atoms with Crippen LogP contribution in [0, 0.1) is 10.1 Å². The van der Waals surface area contributed by atoms with Crippen molar-refractivity contribution in [2.24, 2.45) is 0 Å². The van der Waals surface area contributed by atoms with Gasteiger partial charge in [-0.15, -0.1) is 0 Å². The van der Waals surface area contributed by atoms with Gasteiger partial charge in [0, 0.05) is 22.9 Å². The number of aliphatic carboxylic acids is 1. The molecule has 0 saturated carbocycles. The van der Waals surface area contributed by atoms with E-state index < -0.39 is 10.9 Å². The lowest BCUT2D eigenvalue weighted by molar-refractivity contribution is -0.384. The molecule has 1 aromatic heterocycles. The average molecular weight is 414 g/mol. The number of nitro groups is 1. The molecule has 0 aliphatic rings. The van der Waals surface area contributed by atoms with Gasteiger partial charge in [-0.25, -0.2) is 4.98 Å². The van der Waals surface area contributed by atoms with Crippen LogP contribution >= 0.6 is 11.6 Å². The molecule has 10 heteroatoms. The number of carboxylic acid groups (broad SMARTS) is 1. The maximum absolute atomic E-state index is 11.6. The first-order valence-electron chi connectivity index (χ1n) is 8.52. The Morgan fingerprint density at radius 2 is 1.86 bits per heavy atom. The summed E-state index contributed by atoms with van der Waals surface area (Å²) in [6.07, 6.45) is 0.868. The van der Waals surface area contributed by atoms with Crippen molar-refractivity contribution >= 4 is 46.4 Å². The zero-order chi connectivity index (χ0) is 20.8. The van der Waals surface area contributed by atoms with E-state index >= 15 is 0 Å². The number of anilines is 4. The molecule has 3 aromatic rings. The summed E-state index contributed by atoms with van der Waals surface area (Å²) in [5, 5.41) is 24.2. The molecule has 0 radical (unpaired) electrons. The third-order valence-electron chi connectivity index (χ3n) is 3.92. The molecule has 148 valence electrons. The number of benzene rings is 2. The molecule has 9 nitrogen and oxygen atoms in total. The molecule has 2 N–H and O–H groups in total. The van der Waals surface area contributed by atoms with Gasteiger partial charge in [0.05, 0.1) is 11.3 Å². The first kappa shape index (κ1) is 20.0. The second kappa shape index (κ2) is 8.98. The van der Waals surface area contributed by atoms with Crippen molar-refractivity contribution in [3.05, 3.63) is 75.9 Å². The van der Waals surface area contributed by atoms with E-state index in [9.17, 15) is 14.9 Å². The predicted molar refractivity (Wildman–Crippen MR) is 109 cm³/mol. The van der Waals surface area contributed by atoms with E-state index in [4.69, 9.17) is 16.7 Å². The third-order valence-corrected chi connectivity index (χ3v) is 4.17. The van der Waals surface area contributed by atoms with E-state index in [-0.39, 0.29) is 30.4 Å². The van der Waals surface area contributed by atoms with Gasteiger partial charge in [0.1, 0.15) is 6.20 Å². The minimum atomic E-state index is -1.03. The summed E-state index contributed by atoms with van der Waals surface area (Å²) >= 11 is 5.88. The Balaban J connectivity index is 2.03. The Bertz CT molecular complexity index is 1010. The highest BCUT2D eigenvalue weighted by molar-refractivity contribution is 6.30. The number of nitrogens with one attached hydrogen (secondary N) is 1. The van der Waals surface area contributed by atoms with Crippen molar-refractivity contribution in [3.63, 3.8) is 0 Å². The molecule has 0 aliphatic carbocycles. The molecule has 29 heavy (non-hydrogen) atoms. The standard InChI is InChI=1S/C19H16ClN5O4/c20-13-6-8-14(9-7-13)22-19-21-12-16(25(28)29)18(23-19)24(11-10-17(26)27)15-4-2-1-3-5-15/h1-9,12H,10-11H2,(H,26,27)(H,21,22,23). The van der Waals surface area contributed by atoms with E-state index in [2.05, 4.69) is 15.3 Å². The molecule has 3 rings (SSSR count). The smallest absolute Gasteiger partial charge is 0.330 e. The van der Waals surface area contributed by atoms with Crippen molar-refractivity contribution < 1.29 is 14.8 Å². The number of aromatic nitrogens is 2. The lowest BCUT2D eigenvalue weighted by atomic mass is 10.2. The minimum Gasteiger partial charge on any atom is -0.481 e. The fourth-order valence-corrected chi connectivity index (χ4v) is 2.72. The molecule has 1 heterocycles. The maximum atomic E-state index is 11.6. The topological polar surface area (TPSA) is 121 Å². The highest BCUT2D eigenvalue weighted by atomic mass is 35.5. The van der Waals surface area contributed by atoms with Gasteiger partial charge in [0.15, 0.2) is 0 Å². The fourth-order valence-electron chi connectivity index (χ4n) is 2.59. The number of hydrogen-bond donors (Lipinski definition) is 2. The minimum absolute atomic E-state index is 0.00240. The highest BCUT2D eigenvalue weighted by Gasteiger charge is 2.25. The van der Waals surface area contributed by atoms with Gasteiger partial charge in [-0.05, 0) is 36.4 Å². The predicted octanol–water partition coefficient (Wildman–Crippen LogP) is 4.39. The Kier molecular flexibility index (Phi) is 6.20. The largest absolute Gasteiger partial charge is 0.481 e. The summed E-state index contributed by atoms with van der Waals surface area (Å²) in [7, 11) is 0. The number of hydrogen-bond acceptors (Lipinski definition) is 7. The van der Waals surface area contributed by atoms with Gasteiger partial charge in [-0.2, -0.15) is 4.98 Å². The third kappa shape index (κ3) is 5.17. The molecular weight excluding hydrogens is 398 g/mol. The van der Waals surface area contributed by atoms with Crippen LogP contribution in [0.1, 0.15) is 6.42 Å². The Labute approximate surface area is 170 Å². The summed E-state index contributed by atoms with van der Waals surface area (Å²) < 4.78 is 0. The van der Waals surface area contributed by atoms with Crippen LogP contribution in [0.3, 0.4) is 0 Å². The van der Waals surface area contributed by atoms with Crippen molar-refractivity contribution in [3.8, 4) is 0 Å². The van der Waals surface area contributed by atoms with Gasteiger partial charge in [-0.3, -0.25) is 14.9 Å². The lowest BCUT2D eigenvalue weighted by Gasteiger charge is -2.23. The number of para-hydroxylation sites is 1. The van der Waals surface area contributed by atoms with E-state index in [0.717, 1.165) is 6.20 Å². The first-order valence-corrected chi connectivity index (χ1v) is 8.90. The number of carbonyl (C=O) groups is 1. The fraction of sp³-hybridized carbons (Fsp3) is 0.105. The van der Waals surface area contributed by atoms with Gasteiger partial charge in [0.2, 0.25) is 11.8 Å². The van der Waals surface area contributed by atoms with Gasteiger partial charge in [-0.1, -0.05) is 29.8 Å². The molecule has 0 unspecified atom stereocenters. The molecule has 0 aliphatic heterocycles. The van der Waals surface area contributed by atoms with Crippen molar-refractivity contribution in [2.45, 2.75) is 6.42 Å². The van der Waals surface area contributed by atoms with E-state index in [1.54, 1.807) is 54.6 Å². The summed E-state index contributed by atoms with van der Waals surface area (Å²) in [5.74, 6) is -0.903. The van der Waals surface area contributed by atoms with Crippen LogP contribution in [-0.4, -0.2) is 32.5 Å². The quantitative estimate of drug-likeness (QED) is 0.411. The van der Waals surface area contributed by atoms with Crippen LogP contribution in [0.2, 0.25) is 5.02 Å². The Morgan fingerprint density at radius 1 is 1.17 bits per heavy atom. The maximum Gasteiger partial charge on any atom is 0.330 e. The second-order valence-corrected chi connectivity index (χ2v) is 6.36. The summed E-state index contributed by atoms with van der Waals surface area (Å²) in [4.78, 5) is 31.9. The SMILES string of the molecule is O=C(O)CCN(c1ccccc1)c1nc(Nc2ccc(Cl)cc2)ncc1[N+](=O)[O-]. The zero-order valence-electron chi connectivity index (χ0n) is 15.0. The zero-order valence-corrected chi connectivity index (χ0v) is 15.8. The van der Waals surface area contributed by atoms with Crippen LogP contribution in [0.5, 0.6) is 0 Å². The van der Waals surface area contributed by atoms with E-state index in [0.29, 0.717) is 16.4 Å². The van der Waals surface area contributed by atoms with Crippen LogP contribution < -0.4 is 10.2 Å². The number of carboxylic acids is 1. The lowest BCUT2D eigenvalue weighted by Crippen LogP contribution is -2.23. The highest BCUT2D eigenvalue weighted by Crippen LogP contribution is 2.32. The molecule has 2 aromatic carbocycles. The summed E-state index contributed by atoms with van der Waals surface area (Å²) in [6, 6.07) is 15.5. The number of halogens is 1. The van der Waals surface area contributed by atoms with Crippen molar-refractivity contribution in [1.82, 2.24) is 9.97 Å². The molecule has 0 atom stereocenters. The van der Waals surface area contributed by atoms with Gasteiger partial charge < -0.3 is 15.3 Å². The van der Waals surface area contributed by atoms with Crippen LogP contribution in [0.15, 0.2) is 60.8 Å². The van der Waals surface area contributed by atoms with Crippen molar-refractivity contribution in [2.75, 3.05) is 16.8 Å². The van der Waals surface area contributed by atoms with Crippen LogP contribution in [0.25, 0.3) is 0 Å². The molecule has 0 saturated heterocycles. The Hall–Kier alpha value is -3.72. The molecular formula is C19H16ClN5O4. The van der Waals surface area contributed by atoms with Crippen molar-refractivity contribution in [1.29, 1.82) is 0 Å². The van der Waals surface area contributed by atoms with Crippen LogP contribution in [0.4, 0.5) is 28.8 Å². The first-order chi connectivity index (χ1) is 13.9. The average Bonchev–Trinajstić information content (AvgIpc) is 2.70. The molecule has 0 spiro atoms. The van der Waals surface area contributed by atoms with E-state index in [1.165, 1.54) is 4.90 Å². The van der Waals surface area contributed by atoms with E-state index in [1.807, 2.05) is 0 Å². The number of nitrogens with zero attached hydrogens (tertiary/aromatic N) is 4. The second-order valence-electron chi connectivity index (χ2n) is 5.92. The van der Waals surface area contributed by atoms with Crippen LogP contribution in [-0.2, 0) is 4.79 Å². The monoisotopic (exact) mass is 413 g/mol. The number of rotatable bonds is 8. The summed E-state index contributed by atoms with van der Waals surface area (Å²) in [6.45, 7) is -0.00240. The molecule has 0 amide bonds. The summed E-state index contributed by atoms with van der Waals surface area (Å²) in [5.41, 5.74) is 0.889.